The van der Waals surface area contributed by atoms with Gasteiger partial charge in [-0.25, -0.2) is 28.0 Å². The maximum atomic E-state index is 14.7. The summed E-state index contributed by atoms with van der Waals surface area (Å²) in [6.07, 6.45) is -8.51. The molecular weight excluding hydrogens is 828 g/mol. The monoisotopic (exact) mass is 860 g/mol. The van der Waals surface area contributed by atoms with Crippen LogP contribution < -0.4 is 18.9 Å². The van der Waals surface area contributed by atoms with E-state index in [0.717, 1.165) is 36.4 Å². The third-order valence-corrected chi connectivity index (χ3v) is 8.13. The van der Waals surface area contributed by atoms with Crippen molar-refractivity contribution in [3.05, 3.63) is 155 Å². The summed E-state index contributed by atoms with van der Waals surface area (Å²) in [5, 5.41) is 0. The van der Waals surface area contributed by atoms with E-state index in [4.69, 9.17) is 28.4 Å². The topological polar surface area (TPSA) is 124 Å². The number of benzene rings is 4. The highest BCUT2D eigenvalue weighted by atomic mass is 19.4. The molecule has 0 radical (unpaired) electrons. The fourth-order valence-electron chi connectivity index (χ4n) is 5.16. The van der Waals surface area contributed by atoms with Crippen molar-refractivity contribution in [2.24, 2.45) is 0 Å². The van der Waals surface area contributed by atoms with Gasteiger partial charge in [-0.15, -0.1) is 0 Å². The summed E-state index contributed by atoms with van der Waals surface area (Å²) < 4.78 is 147. The SMILES string of the molecule is C=C(C)C(=O)OCOc1ccc(C=CC(=O)Oc2ccc(C(c3ccc(OC(=O)C=Cc4ccc(OCOC(=O)C(=C)C)cc4F)cc3)(C(F)(F)F)C(F)(F)F)cc2)c(F)c1. The molecule has 0 bridgehead atoms. The minimum absolute atomic E-state index is 0.0298. The summed E-state index contributed by atoms with van der Waals surface area (Å²) in [5.41, 5.74) is -7.28. The molecule has 0 aromatic heterocycles. The van der Waals surface area contributed by atoms with Crippen LogP contribution in [0.15, 0.2) is 121 Å². The molecule has 0 spiro atoms. The van der Waals surface area contributed by atoms with E-state index < -0.39 is 89.5 Å². The number of esters is 4. The number of carbonyl (C=O) groups is 4. The Bertz CT molecular complexity index is 2180. The van der Waals surface area contributed by atoms with Crippen molar-refractivity contribution in [3.63, 3.8) is 0 Å². The fourth-order valence-corrected chi connectivity index (χ4v) is 5.16. The molecule has 0 atom stereocenters. The van der Waals surface area contributed by atoms with Gasteiger partial charge in [0.2, 0.25) is 19.0 Å². The Labute approximate surface area is 341 Å². The zero-order valence-corrected chi connectivity index (χ0v) is 31.8. The minimum atomic E-state index is -5.99. The Morgan fingerprint density at radius 1 is 0.541 bits per heavy atom. The van der Waals surface area contributed by atoms with Crippen LogP contribution in [0.1, 0.15) is 36.1 Å². The molecule has 0 aliphatic rings. The van der Waals surface area contributed by atoms with Gasteiger partial charge in [0, 0.05) is 46.6 Å². The number of hydrogen-bond acceptors (Lipinski definition) is 10. The van der Waals surface area contributed by atoms with E-state index in [1.807, 2.05) is 0 Å². The van der Waals surface area contributed by atoms with Crippen molar-refractivity contribution in [1.82, 2.24) is 0 Å². The quantitative estimate of drug-likeness (QED) is 0.0354. The van der Waals surface area contributed by atoms with E-state index in [2.05, 4.69) is 13.2 Å². The number of carbonyl (C=O) groups excluding carboxylic acids is 4. The van der Waals surface area contributed by atoms with Crippen molar-refractivity contribution >= 4 is 36.0 Å². The van der Waals surface area contributed by atoms with Crippen LogP contribution in [0.2, 0.25) is 0 Å². The van der Waals surface area contributed by atoms with Gasteiger partial charge in [-0.05, 0) is 85.7 Å². The number of halogens is 8. The highest BCUT2D eigenvalue weighted by Crippen LogP contribution is 2.56. The van der Waals surface area contributed by atoms with Crippen LogP contribution in [0.4, 0.5) is 35.1 Å². The Hall–Kier alpha value is -7.24. The third kappa shape index (κ3) is 11.9. The second-order valence-electron chi connectivity index (χ2n) is 12.6. The molecule has 61 heavy (non-hydrogen) atoms. The predicted molar refractivity (Wildman–Crippen MR) is 201 cm³/mol. The van der Waals surface area contributed by atoms with Crippen LogP contribution in [-0.2, 0) is 34.1 Å². The van der Waals surface area contributed by atoms with Gasteiger partial charge in [0.05, 0.1) is 0 Å². The molecule has 0 heterocycles. The lowest BCUT2D eigenvalue weighted by molar-refractivity contribution is -0.288. The molecule has 4 aromatic rings. The van der Waals surface area contributed by atoms with E-state index >= 15 is 0 Å². The lowest BCUT2D eigenvalue weighted by atomic mass is 9.73. The van der Waals surface area contributed by atoms with Crippen LogP contribution in [0, 0.1) is 11.6 Å². The molecule has 10 nitrogen and oxygen atoms in total. The summed E-state index contributed by atoms with van der Waals surface area (Å²) in [7, 11) is 0. The molecule has 18 heteroatoms. The van der Waals surface area contributed by atoms with Gasteiger partial charge in [0.1, 0.15) is 34.6 Å². The van der Waals surface area contributed by atoms with Crippen molar-refractivity contribution in [1.29, 1.82) is 0 Å². The fraction of sp³-hybridized carbons (Fsp3) is 0.163. The number of hydrogen-bond donors (Lipinski definition) is 0. The van der Waals surface area contributed by atoms with E-state index in [-0.39, 0.29) is 33.8 Å². The molecule has 0 amide bonds. The lowest BCUT2D eigenvalue weighted by Gasteiger charge is -2.38. The molecule has 4 rings (SSSR count). The molecule has 0 saturated heterocycles. The first-order valence-corrected chi connectivity index (χ1v) is 17.3. The van der Waals surface area contributed by atoms with Gasteiger partial charge < -0.3 is 28.4 Å². The van der Waals surface area contributed by atoms with Crippen LogP contribution >= 0.6 is 0 Å². The lowest BCUT2D eigenvalue weighted by Crippen LogP contribution is -2.54. The normalized spacial score (nSPS) is 11.8. The largest absolute Gasteiger partial charge is 0.457 e. The molecule has 0 N–H and O–H groups in total. The highest BCUT2D eigenvalue weighted by molar-refractivity contribution is 5.89. The highest BCUT2D eigenvalue weighted by Gasteiger charge is 2.72. The zero-order valence-electron chi connectivity index (χ0n) is 31.8. The average Bonchev–Trinajstić information content (AvgIpc) is 3.17. The summed E-state index contributed by atoms with van der Waals surface area (Å²) in [6.45, 7) is 8.53. The minimum Gasteiger partial charge on any atom is -0.457 e. The molecule has 0 aliphatic carbocycles. The van der Waals surface area contributed by atoms with E-state index in [9.17, 15) is 54.3 Å². The standard InChI is InChI=1S/C43H32F8O10/c1-25(2)39(54)58-23-56-33-13-5-27(35(44)21-33)7-19-37(52)60-31-15-9-29(10-16-31)41(42(46,47)48,43(49,50)51)30-11-17-32(18-12-30)61-38(53)20-8-28-6-14-34(22-36(28)45)57-24-59-40(55)26(3)4/h5-22H,1,3,23-24H2,2,4H3. The van der Waals surface area contributed by atoms with Crippen molar-refractivity contribution in [3.8, 4) is 23.0 Å². The number of ether oxygens (including phenoxy) is 6. The van der Waals surface area contributed by atoms with Gasteiger partial charge in [-0.1, -0.05) is 37.4 Å². The van der Waals surface area contributed by atoms with Crippen LogP contribution in [0.25, 0.3) is 12.2 Å². The Kier molecular flexibility index (Phi) is 15.0. The van der Waals surface area contributed by atoms with Crippen molar-refractivity contribution < 1.29 is 82.7 Å². The van der Waals surface area contributed by atoms with Gasteiger partial charge in [0.25, 0.3) is 0 Å². The number of alkyl halides is 6. The summed E-state index contributed by atoms with van der Waals surface area (Å²) >= 11 is 0. The van der Waals surface area contributed by atoms with Gasteiger partial charge in [0.15, 0.2) is 0 Å². The second-order valence-corrected chi connectivity index (χ2v) is 12.6. The molecule has 0 saturated carbocycles. The summed E-state index contributed by atoms with van der Waals surface area (Å²) in [6, 6.07) is 11.5. The maximum Gasteiger partial charge on any atom is 0.411 e. The van der Waals surface area contributed by atoms with Crippen LogP contribution in [-0.4, -0.2) is 49.8 Å². The van der Waals surface area contributed by atoms with Crippen LogP contribution in [0.3, 0.4) is 0 Å². The van der Waals surface area contributed by atoms with Gasteiger partial charge >= 0.3 is 36.2 Å². The van der Waals surface area contributed by atoms with Crippen LogP contribution in [0.5, 0.6) is 23.0 Å². The van der Waals surface area contributed by atoms with E-state index in [1.54, 1.807) is 0 Å². The summed E-state index contributed by atoms with van der Waals surface area (Å²) in [5.74, 6) is -6.50. The first kappa shape index (κ1) is 46.4. The Morgan fingerprint density at radius 2 is 0.869 bits per heavy atom. The van der Waals surface area contributed by atoms with Crippen molar-refractivity contribution in [2.75, 3.05) is 13.6 Å². The molecule has 0 unspecified atom stereocenters. The van der Waals surface area contributed by atoms with Gasteiger partial charge in [-0.2, -0.15) is 26.3 Å². The molecule has 320 valence electrons. The average molecular weight is 861 g/mol. The van der Waals surface area contributed by atoms with Crippen molar-refractivity contribution in [2.45, 2.75) is 31.6 Å². The Morgan fingerprint density at radius 3 is 1.16 bits per heavy atom. The van der Waals surface area contributed by atoms with E-state index in [0.29, 0.717) is 48.5 Å². The molecule has 0 fully saturated rings. The maximum absolute atomic E-state index is 14.7. The Balaban J connectivity index is 1.44. The van der Waals surface area contributed by atoms with E-state index in [1.165, 1.54) is 38.1 Å². The first-order valence-electron chi connectivity index (χ1n) is 17.3. The third-order valence-electron chi connectivity index (χ3n) is 8.13. The predicted octanol–water partition coefficient (Wildman–Crippen LogP) is 9.52. The zero-order chi connectivity index (χ0) is 45.1. The summed E-state index contributed by atoms with van der Waals surface area (Å²) in [4.78, 5) is 47.6. The molecule has 0 aliphatic heterocycles. The van der Waals surface area contributed by atoms with Gasteiger partial charge in [-0.3, -0.25) is 0 Å². The second kappa shape index (κ2) is 19.7. The smallest absolute Gasteiger partial charge is 0.411 e. The first-order chi connectivity index (χ1) is 28.6. The molecule has 4 aromatic carbocycles. The molecular formula is C43H32F8O10. The number of rotatable bonds is 16.